The first-order valence-corrected chi connectivity index (χ1v) is 9.17. The Bertz CT molecular complexity index is 1370. The van der Waals surface area contributed by atoms with Crippen molar-refractivity contribution in [1.82, 2.24) is 5.32 Å². The molecule has 0 fully saturated rings. The molecule has 0 aliphatic rings. The molecule has 1 unspecified atom stereocenters. The van der Waals surface area contributed by atoms with Gasteiger partial charge in [-0.15, -0.1) is 0 Å². The maximum absolute atomic E-state index is 10.8. The molecule has 1 atom stereocenters. The highest BCUT2D eigenvalue weighted by molar-refractivity contribution is 5.36. The molecule has 166 valence electrons. The minimum absolute atomic E-state index is 0.185. The van der Waals surface area contributed by atoms with Crippen molar-refractivity contribution in [3.63, 3.8) is 0 Å². The van der Waals surface area contributed by atoms with E-state index in [4.69, 9.17) is 28.0 Å². The molecule has 0 aromatic heterocycles. The Labute approximate surface area is 204 Å². The lowest BCUT2D eigenvalue weighted by atomic mass is 10.1. The molecule has 5 nitrogen and oxygen atoms in total. The monoisotopic (exact) mass is 432 g/mol. The maximum atomic E-state index is 10.8. The number of ether oxygens (including phenoxy) is 1. The van der Waals surface area contributed by atoms with E-state index in [2.05, 4.69) is 0 Å². The molecule has 0 saturated carbocycles. The van der Waals surface area contributed by atoms with Crippen LogP contribution in [0.15, 0.2) is 48.5 Å². The second-order valence-corrected chi connectivity index (χ2v) is 5.96. The summed E-state index contributed by atoms with van der Waals surface area (Å²) in [5.41, 5.74) is -0.843. The van der Waals surface area contributed by atoms with E-state index in [-0.39, 0.29) is 6.42 Å². The Kier molecular flexibility index (Phi) is 4.84. The van der Waals surface area contributed by atoms with Gasteiger partial charge in [0, 0.05) is 41.7 Å². The van der Waals surface area contributed by atoms with Gasteiger partial charge in [-0.2, -0.15) is 0 Å². The van der Waals surface area contributed by atoms with Crippen LogP contribution in [0.2, 0.25) is 0 Å². The van der Waals surface area contributed by atoms with Crippen molar-refractivity contribution < 1.29 is 43.4 Å². The van der Waals surface area contributed by atoms with Crippen LogP contribution in [0.4, 0.5) is 0 Å². The molecule has 5 heteroatoms. The van der Waals surface area contributed by atoms with E-state index in [1.807, 2.05) is 30.3 Å². The molecule has 2 aromatic rings. The van der Waals surface area contributed by atoms with E-state index in [1.54, 1.807) is 0 Å². The largest absolute Gasteiger partial charge is 0.508 e. The third-order valence-corrected chi connectivity index (χ3v) is 3.81. The summed E-state index contributed by atoms with van der Waals surface area (Å²) in [4.78, 5) is 0. The van der Waals surface area contributed by atoms with Crippen LogP contribution in [0.5, 0.6) is 5.75 Å². The van der Waals surface area contributed by atoms with Crippen LogP contribution < -0.4 is 5.32 Å². The molecule has 0 heterocycles. The Balaban J connectivity index is 2.34. The molecule has 0 bridgehead atoms. The molecule has 0 radical (unpaired) electrons. The number of benzene rings is 2. The fraction of sp³-hybridized carbons (Fsp3) is 0.520. The molecule has 0 amide bonds. The van der Waals surface area contributed by atoms with Gasteiger partial charge < -0.3 is 25.4 Å². The summed E-state index contributed by atoms with van der Waals surface area (Å²) in [5, 5.41) is 31.5. The molecule has 30 heavy (non-hydrogen) atoms. The van der Waals surface area contributed by atoms with E-state index in [1.165, 1.54) is 5.32 Å². The van der Waals surface area contributed by atoms with Crippen molar-refractivity contribution in [2.45, 2.75) is 57.4 Å². The molecule has 0 aliphatic heterocycles. The van der Waals surface area contributed by atoms with E-state index >= 15 is 0 Å². The highest BCUT2D eigenvalue weighted by Crippen LogP contribution is 2.22. The zero-order chi connectivity index (χ0) is 36.7. The van der Waals surface area contributed by atoms with Gasteiger partial charge in [0.15, 0.2) is 0 Å². The van der Waals surface area contributed by atoms with Crippen molar-refractivity contribution in [3.8, 4) is 5.75 Å². The predicted octanol–water partition coefficient (Wildman–Crippen LogP) is 4.11. The first-order valence-electron chi connectivity index (χ1n) is 17.7. The molecule has 0 aliphatic carbocycles. The van der Waals surface area contributed by atoms with Gasteiger partial charge in [0.1, 0.15) is 5.75 Å². The summed E-state index contributed by atoms with van der Waals surface area (Å²) < 4.78 is 143. The number of aryl methyl sites for hydroxylation is 1. The molecule has 0 saturated heterocycles. The summed E-state index contributed by atoms with van der Waals surface area (Å²) in [6, 6.07) is 11.0. The van der Waals surface area contributed by atoms with Crippen molar-refractivity contribution >= 4 is 0 Å². The van der Waals surface area contributed by atoms with Crippen LogP contribution in [0.3, 0.4) is 0 Å². The lowest BCUT2D eigenvalue weighted by molar-refractivity contribution is 0.126. The van der Waals surface area contributed by atoms with Gasteiger partial charge in [0.05, 0.1) is 19.5 Å². The lowest BCUT2D eigenvalue weighted by Crippen LogP contribution is -2.22. The van der Waals surface area contributed by atoms with Crippen LogP contribution in [0, 0.1) is 0 Å². The highest BCUT2D eigenvalue weighted by atomic mass is 16.5. The SMILES string of the molecule is [2H]C([2H])(O)c1cc(C([2H])(O)C([2H])([2H])NC([2H])([2H])C([2H])([2H])C([2H])([2H])C([2H])([2H])C([2H])([2H])C([2H])([2H])OCCCCc2ccccc2)ccc1O. The number of phenols is 1. The van der Waals surface area contributed by atoms with E-state index in [0.29, 0.717) is 31.0 Å². The normalized spacial score (nSPS) is 25.5. The fourth-order valence-electron chi connectivity index (χ4n) is 2.32. The van der Waals surface area contributed by atoms with Gasteiger partial charge in [-0.3, -0.25) is 0 Å². The standard InChI is InChI=1S/C25H37NO4/c27-20-23-18-22(13-14-24(23)28)25(29)19-26-15-7-1-2-8-16-30-17-9-6-12-21-10-4-3-5-11-21/h3-5,10-11,13-14,18,25-29H,1-2,6-9,12,15-17,19-20H2/i1D2,2D2,7D2,8D2,15D2,16D2,19D2,20D2,25D. The summed E-state index contributed by atoms with van der Waals surface area (Å²) in [6.07, 6.45) is -19.3. The smallest absolute Gasteiger partial charge is 0.121 e. The van der Waals surface area contributed by atoms with Gasteiger partial charge >= 0.3 is 0 Å². The summed E-state index contributed by atoms with van der Waals surface area (Å²) in [6.45, 7) is -15.2. The number of aromatic hydroxyl groups is 1. The topological polar surface area (TPSA) is 82.0 Å². The summed E-state index contributed by atoms with van der Waals surface area (Å²) >= 11 is 0. The van der Waals surface area contributed by atoms with Crippen molar-refractivity contribution in [3.05, 3.63) is 65.2 Å². The molecule has 4 N–H and O–H groups in total. The van der Waals surface area contributed by atoms with Gasteiger partial charge in [0.2, 0.25) is 0 Å². The molecular weight excluding hydrogens is 378 g/mol. The molecule has 2 rings (SSSR count). The van der Waals surface area contributed by atoms with Gasteiger partial charge in [-0.25, -0.2) is 0 Å². The Morgan fingerprint density at radius 3 is 2.63 bits per heavy atom. The maximum Gasteiger partial charge on any atom is 0.121 e. The van der Waals surface area contributed by atoms with Crippen molar-refractivity contribution in [1.29, 1.82) is 0 Å². The Morgan fingerprint density at radius 1 is 1.03 bits per heavy atom. The van der Waals surface area contributed by atoms with Crippen LogP contribution in [0.25, 0.3) is 0 Å². The number of nitrogens with one attached hydrogen (secondary N) is 1. The predicted molar refractivity (Wildman–Crippen MR) is 121 cm³/mol. The van der Waals surface area contributed by atoms with E-state index in [0.717, 1.165) is 5.56 Å². The molecule has 0 spiro atoms. The third-order valence-electron chi connectivity index (χ3n) is 3.81. The summed E-state index contributed by atoms with van der Waals surface area (Å²) in [7, 11) is 0. The van der Waals surface area contributed by atoms with Gasteiger partial charge in [-0.1, -0.05) is 49.1 Å². The Morgan fingerprint density at radius 2 is 1.83 bits per heavy atom. The lowest BCUT2D eigenvalue weighted by Gasteiger charge is -2.14. The van der Waals surface area contributed by atoms with Gasteiger partial charge in [0.25, 0.3) is 0 Å². The average Bonchev–Trinajstić information content (AvgIpc) is 2.91. The zero-order valence-electron chi connectivity index (χ0n) is 33.2. The fourth-order valence-corrected chi connectivity index (χ4v) is 2.32. The van der Waals surface area contributed by atoms with Crippen LogP contribution in [-0.4, -0.2) is 41.5 Å². The van der Waals surface area contributed by atoms with Crippen molar-refractivity contribution in [2.24, 2.45) is 0 Å². The average molecular weight is 433 g/mol. The van der Waals surface area contributed by atoms with Gasteiger partial charge in [-0.05, 0) is 61.8 Å². The molecule has 2 aromatic carbocycles. The van der Waals surface area contributed by atoms with E-state index < -0.39 is 81.2 Å². The summed E-state index contributed by atoms with van der Waals surface area (Å²) in [5.74, 6) is -0.863. The first-order chi connectivity index (χ1) is 20.9. The Hall–Kier alpha value is -1.92. The highest BCUT2D eigenvalue weighted by Gasteiger charge is 2.09. The third kappa shape index (κ3) is 9.72. The number of aliphatic hydroxyl groups is 2. The minimum Gasteiger partial charge on any atom is -0.508 e. The van der Waals surface area contributed by atoms with E-state index in [9.17, 15) is 15.3 Å². The van der Waals surface area contributed by atoms with Crippen LogP contribution in [-0.2, 0) is 17.7 Å². The van der Waals surface area contributed by atoms with Crippen LogP contribution in [0.1, 0.15) is 84.4 Å². The zero-order valence-corrected chi connectivity index (χ0v) is 16.2. The number of unbranched alkanes of at least 4 members (excludes halogenated alkanes) is 1. The minimum atomic E-state index is -4.32. The van der Waals surface area contributed by atoms with Crippen LogP contribution >= 0.6 is 0 Å². The second-order valence-electron chi connectivity index (χ2n) is 5.96. The first kappa shape index (κ1) is 9.70. The van der Waals surface area contributed by atoms with Crippen molar-refractivity contribution in [2.75, 3.05) is 26.2 Å². The number of rotatable bonds is 16. The number of hydrogen-bond donors (Lipinski definition) is 4. The second kappa shape index (κ2) is 15.0. The molecular formula is C25H37NO4. The quantitative estimate of drug-likeness (QED) is 0.300. The number of hydrogen-bond acceptors (Lipinski definition) is 5.